The highest BCUT2D eigenvalue weighted by molar-refractivity contribution is 5.76. The van der Waals surface area contributed by atoms with Gasteiger partial charge in [0.1, 0.15) is 0 Å². The molecule has 0 saturated heterocycles. The molecule has 33 heavy (non-hydrogen) atoms. The van der Waals surface area contributed by atoms with Crippen LogP contribution in [0.5, 0.6) is 0 Å². The number of carbonyl (C=O) groups is 1. The van der Waals surface area contributed by atoms with E-state index in [9.17, 15) is 15.0 Å². The van der Waals surface area contributed by atoms with Crippen molar-refractivity contribution in [2.75, 3.05) is 0 Å². The van der Waals surface area contributed by atoms with Gasteiger partial charge >= 0.3 is 5.97 Å². The molecule has 0 spiro atoms. The van der Waals surface area contributed by atoms with Crippen LogP contribution in [0.1, 0.15) is 106 Å². The Balaban J connectivity index is 1.56. The van der Waals surface area contributed by atoms with Crippen molar-refractivity contribution < 1.29 is 15.0 Å². The highest BCUT2D eigenvalue weighted by Crippen LogP contribution is 2.76. The smallest absolute Gasteiger partial charge is 0.312 e. The van der Waals surface area contributed by atoms with Crippen LogP contribution in [0.25, 0.3) is 0 Å². The van der Waals surface area contributed by atoms with Crippen molar-refractivity contribution in [1.82, 2.24) is 0 Å². The third-order valence-corrected chi connectivity index (χ3v) is 13.3. The van der Waals surface area contributed by atoms with Gasteiger partial charge in [-0.05, 0) is 116 Å². The number of aliphatic hydroxyl groups excluding tert-OH is 1. The Morgan fingerprint density at radius 1 is 0.909 bits per heavy atom. The van der Waals surface area contributed by atoms with Crippen LogP contribution in [0.15, 0.2) is 11.6 Å². The summed E-state index contributed by atoms with van der Waals surface area (Å²) in [6.07, 6.45) is 12.0. The Morgan fingerprint density at radius 3 is 2.21 bits per heavy atom. The van der Waals surface area contributed by atoms with Gasteiger partial charge < -0.3 is 10.2 Å². The van der Waals surface area contributed by atoms with E-state index in [1.165, 1.54) is 25.7 Å². The highest BCUT2D eigenvalue weighted by Gasteiger charge is 2.69. The van der Waals surface area contributed by atoms with Crippen LogP contribution in [0.2, 0.25) is 0 Å². The number of hydrogen-bond acceptors (Lipinski definition) is 2. The van der Waals surface area contributed by atoms with E-state index in [2.05, 4.69) is 47.6 Å². The summed E-state index contributed by atoms with van der Waals surface area (Å²) in [6, 6.07) is 0. The zero-order chi connectivity index (χ0) is 24.2. The van der Waals surface area contributed by atoms with Gasteiger partial charge in [-0.25, -0.2) is 0 Å². The van der Waals surface area contributed by atoms with Gasteiger partial charge in [0.15, 0.2) is 0 Å². The molecule has 0 amide bonds. The zero-order valence-corrected chi connectivity index (χ0v) is 22.2. The first kappa shape index (κ1) is 23.9. The van der Waals surface area contributed by atoms with Gasteiger partial charge in [-0.15, -0.1) is 0 Å². The lowest BCUT2D eigenvalue weighted by molar-refractivity contribution is -0.186. The van der Waals surface area contributed by atoms with Crippen molar-refractivity contribution in [3.63, 3.8) is 0 Å². The summed E-state index contributed by atoms with van der Waals surface area (Å²) in [5.74, 6) is 2.17. The molecule has 4 fully saturated rings. The van der Waals surface area contributed by atoms with E-state index >= 15 is 0 Å². The van der Waals surface area contributed by atoms with Gasteiger partial charge in [0.25, 0.3) is 0 Å². The molecule has 4 saturated carbocycles. The molecule has 5 aliphatic carbocycles. The Hall–Kier alpha value is -0.830. The number of carboxylic acid groups (broad SMARTS) is 1. The Bertz CT molecular complexity index is 876. The molecule has 10 atom stereocenters. The molecular formula is C30H48O3. The fourth-order valence-corrected chi connectivity index (χ4v) is 11.2. The van der Waals surface area contributed by atoms with E-state index in [4.69, 9.17) is 0 Å². The van der Waals surface area contributed by atoms with E-state index in [1.807, 2.05) is 6.92 Å². The minimum atomic E-state index is -1.04. The van der Waals surface area contributed by atoms with E-state index in [0.717, 1.165) is 43.4 Å². The molecule has 0 radical (unpaired) electrons. The standard InChI is InChI=1S/C30H48O3/c1-18(2)19-8-10-22-27(19,4)16-17-28(5)21-9-11-23-26(3,20(21)12-15-29(22,28)6)14-13-24(31)30(23,7)25(32)33/h12,18-19,21-24,31H,8-11,13-17H2,1-7H3,(H,32,33)/t19-,21+,22-,23-,24+,26-,27-,28-,29+,30+/m1/s1. The van der Waals surface area contributed by atoms with Gasteiger partial charge in [-0.2, -0.15) is 0 Å². The number of fused-ring (bicyclic) bond motifs is 7. The average Bonchev–Trinajstić information content (AvgIpc) is 3.11. The molecule has 0 aromatic carbocycles. The molecular weight excluding hydrogens is 408 g/mol. The first-order chi connectivity index (χ1) is 15.3. The van der Waals surface area contributed by atoms with Crippen molar-refractivity contribution in [3.05, 3.63) is 11.6 Å². The molecule has 0 aromatic rings. The second-order valence-corrected chi connectivity index (χ2v) is 14.4. The SMILES string of the molecule is CC(C)[C@H]1CC[C@@H]2[C@]1(C)CC[C@]1(C)[C@H]3CC[C@H]4[C@](C)(C(=O)O)[C@@H](O)CC[C@]4(C)C3=CC[C@@]21C. The van der Waals surface area contributed by atoms with Gasteiger partial charge in [0.05, 0.1) is 11.5 Å². The normalized spacial score (nSPS) is 55.8. The van der Waals surface area contributed by atoms with Gasteiger partial charge in [-0.3, -0.25) is 4.79 Å². The van der Waals surface area contributed by atoms with Crippen LogP contribution >= 0.6 is 0 Å². The van der Waals surface area contributed by atoms with Crippen LogP contribution in [-0.2, 0) is 4.79 Å². The molecule has 0 aromatic heterocycles. The topological polar surface area (TPSA) is 57.5 Å². The highest BCUT2D eigenvalue weighted by atomic mass is 16.4. The van der Waals surface area contributed by atoms with Crippen LogP contribution in [-0.4, -0.2) is 22.3 Å². The maximum absolute atomic E-state index is 12.5. The lowest BCUT2D eigenvalue weighted by atomic mass is 9.35. The lowest BCUT2D eigenvalue weighted by Crippen LogP contribution is -2.63. The summed E-state index contributed by atoms with van der Waals surface area (Å²) in [7, 11) is 0. The molecule has 5 aliphatic rings. The third kappa shape index (κ3) is 2.70. The molecule has 3 heteroatoms. The zero-order valence-electron chi connectivity index (χ0n) is 22.2. The molecule has 5 rings (SSSR count). The van der Waals surface area contributed by atoms with E-state index in [-0.39, 0.29) is 16.7 Å². The number of hydrogen-bond donors (Lipinski definition) is 2. The predicted molar refractivity (Wildman–Crippen MR) is 133 cm³/mol. The first-order valence-corrected chi connectivity index (χ1v) is 13.9. The van der Waals surface area contributed by atoms with Crippen LogP contribution < -0.4 is 0 Å². The average molecular weight is 457 g/mol. The molecule has 0 unspecified atom stereocenters. The summed E-state index contributed by atoms with van der Waals surface area (Å²) in [6.45, 7) is 16.9. The molecule has 0 bridgehead atoms. The molecule has 186 valence electrons. The molecule has 0 aliphatic heterocycles. The van der Waals surface area contributed by atoms with Crippen LogP contribution in [0.4, 0.5) is 0 Å². The van der Waals surface area contributed by atoms with Crippen molar-refractivity contribution in [1.29, 1.82) is 0 Å². The van der Waals surface area contributed by atoms with E-state index < -0.39 is 17.5 Å². The van der Waals surface area contributed by atoms with Crippen molar-refractivity contribution in [2.45, 2.75) is 112 Å². The maximum atomic E-state index is 12.5. The number of carboxylic acids is 1. The maximum Gasteiger partial charge on any atom is 0.312 e. The minimum Gasteiger partial charge on any atom is -0.481 e. The summed E-state index contributed by atoms with van der Waals surface area (Å²) in [5, 5.41) is 21.0. The van der Waals surface area contributed by atoms with Crippen molar-refractivity contribution in [2.24, 2.45) is 56.7 Å². The van der Waals surface area contributed by atoms with Crippen molar-refractivity contribution in [3.8, 4) is 0 Å². The largest absolute Gasteiger partial charge is 0.481 e. The van der Waals surface area contributed by atoms with Crippen molar-refractivity contribution >= 4 is 5.97 Å². The molecule has 3 nitrogen and oxygen atoms in total. The predicted octanol–water partition coefficient (Wildman–Crippen LogP) is 7.09. The number of aliphatic carboxylic acids is 1. The summed E-state index contributed by atoms with van der Waals surface area (Å²) < 4.78 is 0. The van der Waals surface area contributed by atoms with E-state index in [1.54, 1.807) is 5.57 Å². The van der Waals surface area contributed by atoms with Crippen LogP contribution in [0, 0.1) is 56.7 Å². The fourth-order valence-electron chi connectivity index (χ4n) is 11.2. The quantitative estimate of drug-likeness (QED) is 0.436. The second-order valence-electron chi connectivity index (χ2n) is 14.4. The molecule has 0 heterocycles. The lowest BCUT2D eigenvalue weighted by Gasteiger charge is -2.69. The van der Waals surface area contributed by atoms with Gasteiger partial charge in [0.2, 0.25) is 0 Å². The fraction of sp³-hybridized carbons (Fsp3) is 0.900. The second kappa shape index (κ2) is 7.11. The minimum absolute atomic E-state index is 0.0207. The number of aliphatic hydroxyl groups is 1. The van der Waals surface area contributed by atoms with Crippen LogP contribution in [0.3, 0.4) is 0 Å². The monoisotopic (exact) mass is 456 g/mol. The Kier molecular flexibility index (Phi) is 5.15. The third-order valence-electron chi connectivity index (χ3n) is 13.3. The van der Waals surface area contributed by atoms with Gasteiger partial charge in [-0.1, -0.05) is 53.2 Å². The Labute approximate surface area is 201 Å². The number of allylic oxidation sites excluding steroid dienone is 2. The molecule has 2 N–H and O–H groups in total. The number of rotatable bonds is 2. The summed E-state index contributed by atoms with van der Waals surface area (Å²) in [5.41, 5.74) is 1.51. The van der Waals surface area contributed by atoms with Gasteiger partial charge in [0, 0.05) is 0 Å². The summed E-state index contributed by atoms with van der Waals surface area (Å²) >= 11 is 0. The Morgan fingerprint density at radius 2 is 1.58 bits per heavy atom. The first-order valence-electron chi connectivity index (χ1n) is 13.9. The van der Waals surface area contributed by atoms with E-state index in [0.29, 0.717) is 23.2 Å². The summed E-state index contributed by atoms with van der Waals surface area (Å²) in [4.78, 5) is 12.5.